The highest BCUT2D eigenvalue weighted by atomic mass is 14.9. The Labute approximate surface area is 186 Å². The SMILES string of the molecule is CCC(CC1=CCC(CC(CC)=[N+](C)C)=CCC(CC(CC)=[N+](C)C)=CC1)=[N+](C)C. The van der Waals surface area contributed by atoms with E-state index in [4.69, 9.17) is 0 Å². The van der Waals surface area contributed by atoms with E-state index in [2.05, 4.69) is 95.0 Å². The fourth-order valence-corrected chi connectivity index (χ4v) is 4.09. The Morgan fingerprint density at radius 3 is 0.933 bits per heavy atom. The minimum absolute atomic E-state index is 1.08. The number of hydrogen-bond donors (Lipinski definition) is 0. The molecule has 0 atom stereocenters. The van der Waals surface area contributed by atoms with Crippen molar-refractivity contribution in [3.8, 4) is 0 Å². The summed E-state index contributed by atoms with van der Waals surface area (Å²) in [4.78, 5) is 0. The largest absolute Gasteiger partial charge is 0.242 e. The van der Waals surface area contributed by atoms with Crippen molar-refractivity contribution < 1.29 is 13.7 Å². The molecule has 30 heavy (non-hydrogen) atoms. The third-order valence-electron chi connectivity index (χ3n) is 6.37. The van der Waals surface area contributed by atoms with E-state index in [0.29, 0.717) is 0 Å². The van der Waals surface area contributed by atoms with Crippen molar-refractivity contribution in [3.05, 3.63) is 34.9 Å². The van der Waals surface area contributed by atoms with Gasteiger partial charge in [0.1, 0.15) is 42.3 Å². The van der Waals surface area contributed by atoms with Gasteiger partial charge in [-0.15, -0.1) is 0 Å². The molecule has 3 nitrogen and oxygen atoms in total. The Morgan fingerprint density at radius 1 is 0.533 bits per heavy atom. The first-order chi connectivity index (χ1) is 14.2. The molecule has 0 unspecified atom stereocenters. The monoisotopic (exact) mass is 414 g/mol. The van der Waals surface area contributed by atoms with Crippen LogP contribution in [-0.4, -0.2) is 73.1 Å². The summed E-state index contributed by atoms with van der Waals surface area (Å²) < 4.78 is 6.91. The topological polar surface area (TPSA) is 9.03 Å². The molecule has 1 rings (SSSR count). The zero-order chi connectivity index (χ0) is 22.7. The molecule has 0 saturated heterocycles. The minimum Gasteiger partial charge on any atom is -0.242 e. The summed E-state index contributed by atoms with van der Waals surface area (Å²) in [6.07, 6.45) is 17.4. The zero-order valence-corrected chi connectivity index (χ0v) is 21.4. The predicted octanol–water partition coefficient (Wildman–Crippen LogP) is 5.49. The third kappa shape index (κ3) is 8.93. The van der Waals surface area contributed by atoms with E-state index in [1.54, 1.807) is 16.7 Å². The molecule has 1 aliphatic rings. The average Bonchev–Trinajstić information content (AvgIpc) is 2.78. The first-order valence-electron chi connectivity index (χ1n) is 11.8. The van der Waals surface area contributed by atoms with Gasteiger partial charge in [-0.3, -0.25) is 0 Å². The van der Waals surface area contributed by atoms with Crippen LogP contribution in [0.1, 0.15) is 78.6 Å². The molecule has 3 heteroatoms. The average molecular weight is 415 g/mol. The Bertz CT molecular complexity index is 653. The van der Waals surface area contributed by atoms with Crippen molar-refractivity contribution >= 4 is 17.1 Å². The van der Waals surface area contributed by atoms with Crippen molar-refractivity contribution in [2.75, 3.05) is 42.3 Å². The summed E-state index contributed by atoms with van der Waals surface area (Å²) in [7, 11) is 13.1. The van der Waals surface area contributed by atoms with Gasteiger partial charge in [0.25, 0.3) is 0 Å². The highest BCUT2D eigenvalue weighted by Crippen LogP contribution is 2.24. The highest BCUT2D eigenvalue weighted by Gasteiger charge is 2.15. The molecule has 0 aliphatic heterocycles. The van der Waals surface area contributed by atoms with E-state index in [0.717, 1.165) is 57.8 Å². The van der Waals surface area contributed by atoms with E-state index in [-0.39, 0.29) is 0 Å². The minimum atomic E-state index is 1.08. The molecule has 0 saturated carbocycles. The Hall–Kier alpha value is -1.77. The van der Waals surface area contributed by atoms with Crippen molar-refractivity contribution in [2.24, 2.45) is 0 Å². The smallest absolute Gasteiger partial charge is 0.155 e. The van der Waals surface area contributed by atoms with Gasteiger partial charge in [-0.1, -0.05) is 55.7 Å². The molecule has 0 aromatic carbocycles. The second-order valence-electron chi connectivity index (χ2n) is 9.17. The third-order valence-corrected chi connectivity index (χ3v) is 6.37. The van der Waals surface area contributed by atoms with Crippen LogP contribution >= 0.6 is 0 Å². The molecule has 168 valence electrons. The van der Waals surface area contributed by atoms with Gasteiger partial charge in [-0.25, -0.2) is 13.7 Å². The fourth-order valence-electron chi connectivity index (χ4n) is 4.09. The molecule has 0 N–H and O–H groups in total. The number of allylic oxidation sites excluding steroid dienone is 6. The Morgan fingerprint density at radius 2 is 0.767 bits per heavy atom. The van der Waals surface area contributed by atoms with Gasteiger partial charge < -0.3 is 0 Å². The summed E-state index contributed by atoms with van der Waals surface area (Å²) in [5.41, 5.74) is 9.25. The van der Waals surface area contributed by atoms with Crippen LogP contribution in [0.2, 0.25) is 0 Å². The highest BCUT2D eigenvalue weighted by molar-refractivity contribution is 5.83. The molecule has 0 aromatic rings. The maximum absolute atomic E-state index is 2.52. The Balaban J connectivity index is 3.27. The summed E-state index contributed by atoms with van der Waals surface area (Å²) in [6, 6.07) is 0. The van der Waals surface area contributed by atoms with E-state index in [9.17, 15) is 0 Å². The van der Waals surface area contributed by atoms with Crippen LogP contribution in [0.5, 0.6) is 0 Å². The van der Waals surface area contributed by atoms with Crippen LogP contribution in [-0.2, 0) is 0 Å². The quantitative estimate of drug-likeness (QED) is 0.268. The van der Waals surface area contributed by atoms with Crippen molar-refractivity contribution in [2.45, 2.75) is 78.6 Å². The molecule has 1 aliphatic carbocycles. The summed E-state index contributed by atoms with van der Waals surface area (Å²) in [5, 5.41) is 0. The van der Waals surface area contributed by atoms with Crippen molar-refractivity contribution in [1.82, 2.24) is 0 Å². The molecular formula is C27H48N3+3. The lowest BCUT2D eigenvalue weighted by Gasteiger charge is -2.08. The van der Waals surface area contributed by atoms with Gasteiger partial charge in [0.05, 0.1) is 0 Å². The summed E-state index contributed by atoms with van der Waals surface area (Å²) in [5.74, 6) is 0. The van der Waals surface area contributed by atoms with Crippen LogP contribution in [0.25, 0.3) is 0 Å². The van der Waals surface area contributed by atoms with Gasteiger partial charge in [-0.05, 0) is 19.3 Å². The maximum atomic E-state index is 2.52. The van der Waals surface area contributed by atoms with Crippen LogP contribution < -0.4 is 0 Å². The van der Waals surface area contributed by atoms with Crippen LogP contribution in [0.4, 0.5) is 0 Å². The first-order valence-corrected chi connectivity index (χ1v) is 11.8. The maximum Gasteiger partial charge on any atom is 0.155 e. The Kier molecular flexibility index (Phi) is 11.8. The molecule has 0 radical (unpaired) electrons. The van der Waals surface area contributed by atoms with E-state index in [1.165, 1.54) is 17.1 Å². The molecule has 0 heterocycles. The molecule has 0 bridgehead atoms. The standard InChI is InChI=1S/C27H48N3/c1-10-25(28(4)5)19-22-13-15-23(20-26(11-2)29(6)7)17-18-24(16-14-22)21-27(12-3)30(8)9/h13,16-17H,10-12,14-15,18-21H2,1-9H3/q+3. The molecule has 0 fully saturated rings. The number of nitrogens with zero attached hydrogens (tertiary/aromatic N) is 3. The van der Waals surface area contributed by atoms with Crippen LogP contribution in [0, 0.1) is 0 Å². The van der Waals surface area contributed by atoms with E-state index in [1.807, 2.05) is 0 Å². The normalized spacial score (nSPS) is 14.5. The number of rotatable bonds is 9. The van der Waals surface area contributed by atoms with Crippen LogP contribution in [0.15, 0.2) is 34.9 Å². The zero-order valence-electron chi connectivity index (χ0n) is 21.4. The second-order valence-corrected chi connectivity index (χ2v) is 9.17. The fraction of sp³-hybridized carbons (Fsp3) is 0.667. The van der Waals surface area contributed by atoms with Crippen LogP contribution in [0.3, 0.4) is 0 Å². The number of hydrogen-bond acceptors (Lipinski definition) is 0. The molecular weight excluding hydrogens is 366 g/mol. The van der Waals surface area contributed by atoms with Gasteiger partial charge >= 0.3 is 0 Å². The van der Waals surface area contributed by atoms with Gasteiger partial charge in [0.15, 0.2) is 17.1 Å². The predicted molar refractivity (Wildman–Crippen MR) is 134 cm³/mol. The summed E-state index contributed by atoms with van der Waals surface area (Å²) >= 11 is 0. The van der Waals surface area contributed by atoms with Gasteiger partial charge in [0, 0.05) is 38.5 Å². The van der Waals surface area contributed by atoms with Gasteiger partial charge in [-0.2, -0.15) is 0 Å². The lowest BCUT2D eigenvalue weighted by molar-refractivity contribution is -0.466. The van der Waals surface area contributed by atoms with Gasteiger partial charge in [0.2, 0.25) is 0 Å². The van der Waals surface area contributed by atoms with Crippen molar-refractivity contribution in [3.63, 3.8) is 0 Å². The molecule has 0 aromatic heterocycles. The van der Waals surface area contributed by atoms with Crippen molar-refractivity contribution in [1.29, 1.82) is 0 Å². The lowest BCUT2D eigenvalue weighted by atomic mass is 9.98. The van der Waals surface area contributed by atoms with E-state index < -0.39 is 0 Å². The molecule has 0 spiro atoms. The second kappa shape index (κ2) is 13.5. The molecule has 0 amide bonds. The van der Waals surface area contributed by atoms with E-state index >= 15 is 0 Å². The first kappa shape index (κ1) is 26.3. The summed E-state index contributed by atoms with van der Waals surface area (Å²) in [6.45, 7) is 6.82. The lowest BCUT2D eigenvalue weighted by Crippen LogP contribution is -2.14.